The topological polar surface area (TPSA) is 29.5 Å². The molecular formula is C8H9BrO2. The summed E-state index contributed by atoms with van der Waals surface area (Å²) in [5.41, 5.74) is 0.749. The molecule has 1 unspecified atom stereocenters. The maximum absolute atomic E-state index is 9.10. The predicted octanol–water partition coefficient (Wildman–Crippen LogP) is 2.29. The predicted molar refractivity (Wildman–Crippen MR) is 47.7 cm³/mol. The van der Waals surface area contributed by atoms with E-state index in [0.717, 1.165) is 10.1 Å². The fraction of sp³-hybridized carbons (Fsp3) is 0.250. The van der Waals surface area contributed by atoms with E-state index in [1.165, 1.54) is 0 Å². The molecule has 3 heteroatoms. The van der Waals surface area contributed by atoms with E-state index in [9.17, 15) is 0 Å². The van der Waals surface area contributed by atoms with Crippen LogP contribution in [-0.2, 0) is 4.74 Å². The van der Waals surface area contributed by atoms with Crippen molar-refractivity contribution in [3.8, 4) is 0 Å². The quantitative estimate of drug-likeness (QED) is 0.730. The van der Waals surface area contributed by atoms with Crippen molar-refractivity contribution in [1.82, 2.24) is 0 Å². The Balaban J connectivity index is 2.91. The minimum Gasteiger partial charge on any atom is -0.508 e. The number of ether oxygens (including phenoxy) is 1. The van der Waals surface area contributed by atoms with E-state index >= 15 is 0 Å². The van der Waals surface area contributed by atoms with E-state index in [1.807, 2.05) is 0 Å². The van der Waals surface area contributed by atoms with Crippen LogP contribution in [0.5, 0.6) is 0 Å². The normalized spacial score (nSPS) is 24.5. The zero-order chi connectivity index (χ0) is 8.43. The molecule has 11 heavy (non-hydrogen) atoms. The largest absolute Gasteiger partial charge is 0.508 e. The lowest BCUT2D eigenvalue weighted by Gasteiger charge is -2.18. The molecule has 0 aromatic rings. The van der Waals surface area contributed by atoms with Gasteiger partial charge in [-0.1, -0.05) is 22.5 Å². The van der Waals surface area contributed by atoms with Crippen LogP contribution in [0.3, 0.4) is 0 Å². The van der Waals surface area contributed by atoms with Crippen LogP contribution in [0.15, 0.2) is 34.5 Å². The van der Waals surface area contributed by atoms with E-state index in [1.54, 1.807) is 19.3 Å². The zero-order valence-electron chi connectivity index (χ0n) is 6.17. The first-order valence-corrected chi connectivity index (χ1v) is 3.94. The molecule has 1 N–H and O–H groups in total. The molecule has 0 bridgehead atoms. The van der Waals surface area contributed by atoms with Gasteiger partial charge < -0.3 is 9.84 Å². The van der Waals surface area contributed by atoms with Crippen LogP contribution < -0.4 is 0 Å². The number of methoxy groups -OCH3 is 1. The molecule has 2 nitrogen and oxygen atoms in total. The van der Waals surface area contributed by atoms with Crippen LogP contribution in [0.1, 0.15) is 0 Å². The number of aliphatic hydroxyl groups is 1. The molecule has 60 valence electrons. The molecule has 0 radical (unpaired) electrons. The Morgan fingerprint density at radius 2 is 2.27 bits per heavy atom. The summed E-state index contributed by atoms with van der Waals surface area (Å²) >= 11 is 3.27. The molecule has 1 rings (SSSR count). The number of hydrogen-bond donors (Lipinski definition) is 1. The van der Waals surface area contributed by atoms with Crippen molar-refractivity contribution in [3.63, 3.8) is 0 Å². The first-order chi connectivity index (χ1) is 5.15. The summed E-state index contributed by atoms with van der Waals surface area (Å²) in [7, 11) is 1.60. The van der Waals surface area contributed by atoms with Crippen molar-refractivity contribution in [2.75, 3.05) is 7.11 Å². The third-order valence-electron chi connectivity index (χ3n) is 1.44. The van der Waals surface area contributed by atoms with Gasteiger partial charge in [0.1, 0.15) is 11.9 Å². The number of aliphatic hydroxyl groups excluding tert-OH is 1. The Kier molecular flexibility index (Phi) is 2.52. The van der Waals surface area contributed by atoms with Crippen LogP contribution in [0.25, 0.3) is 0 Å². The molecule has 0 heterocycles. The van der Waals surface area contributed by atoms with Gasteiger partial charge in [-0.3, -0.25) is 0 Å². The first kappa shape index (κ1) is 8.56. The van der Waals surface area contributed by atoms with Crippen LogP contribution in [0.4, 0.5) is 0 Å². The Hall–Kier alpha value is -0.540. The zero-order valence-corrected chi connectivity index (χ0v) is 7.76. The van der Waals surface area contributed by atoms with E-state index in [4.69, 9.17) is 9.84 Å². The molecular weight excluding hydrogens is 208 g/mol. The monoisotopic (exact) mass is 216 g/mol. The van der Waals surface area contributed by atoms with Gasteiger partial charge in [-0.15, -0.1) is 0 Å². The maximum Gasteiger partial charge on any atom is 0.116 e. The lowest BCUT2D eigenvalue weighted by molar-refractivity contribution is 0.167. The minimum atomic E-state index is -0.147. The third-order valence-corrected chi connectivity index (χ3v) is 2.09. The molecule has 0 saturated heterocycles. The SMILES string of the molecule is C=C1C=C(O)C=C(Br)C1OC. The Morgan fingerprint density at radius 3 is 2.73 bits per heavy atom. The van der Waals surface area contributed by atoms with Gasteiger partial charge in [0.2, 0.25) is 0 Å². The van der Waals surface area contributed by atoms with Gasteiger partial charge >= 0.3 is 0 Å². The summed E-state index contributed by atoms with van der Waals surface area (Å²) in [5, 5.41) is 9.10. The molecule has 1 atom stereocenters. The average molecular weight is 217 g/mol. The minimum absolute atomic E-state index is 0.147. The molecule has 0 aromatic heterocycles. The second-order valence-electron chi connectivity index (χ2n) is 2.29. The molecule has 1 aliphatic rings. The van der Waals surface area contributed by atoms with Crippen molar-refractivity contribution < 1.29 is 9.84 Å². The van der Waals surface area contributed by atoms with E-state index in [-0.39, 0.29) is 11.9 Å². The van der Waals surface area contributed by atoms with Crippen LogP contribution in [0, 0.1) is 0 Å². The van der Waals surface area contributed by atoms with E-state index in [0.29, 0.717) is 0 Å². The number of rotatable bonds is 1. The molecule has 0 saturated carbocycles. The van der Waals surface area contributed by atoms with Crippen LogP contribution >= 0.6 is 15.9 Å². The smallest absolute Gasteiger partial charge is 0.116 e. The van der Waals surface area contributed by atoms with Gasteiger partial charge in [-0.2, -0.15) is 0 Å². The van der Waals surface area contributed by atoms with Crippen LogP contribution in [0.2, 0.25) is 0 Å². The second-order valence-corrected chi connectivity index (χ2v) is 3.20. The van der Waals surface area contributed by atoms with Gasteiger partial charge in [0.15, 0.2) is 0 Å². The van der Waals surface area contributed by atoms with Crippen molar-refractivity contribution in [3.05, 3.63) is 34.5 Å². The summed E-state index contributed by atoms with van der Waals surface area (Å²) < 4.78 is 5.89. The van der Waals surface area contributed by atoms with Gasteiger partial charge in [-0.25, -0.2) is 0 Å². The molecule has 0 amide bonds. The number of halogens is 1. The fourth-order valence-electron chi connectivity index (χ4n) is 0.965. The van der Waals surface area contributed by atoms with Gasteiger partial charge in [0.25, 0.3) is 0 Å². The van der Waals surface area contributed by atoms with Gasteiger partial charge in [-0.05, 0) is 17.7 Å². The summed E-state index contributed by atoms with van der Waals surface area (Å²) in [6, 6.07) is 0. The number of allylic oxidation sites excluding steroid dienone is 1. The van der Waals surface area contributed by atoms with Crippen molar-refractivity contribution in [1.29, 1.82) is 0 Å². The molecule has 0 aliphatic heterocycles. The highest BCUT2D eigenvalue weighted by molar-refractivity contribution is 9.11. The van der Waals surface area contributed by atoms with Crippen molar-refractivity contribution in [2.24, 2.45) is 0 Å². The molecule has 1 aliphatic carbocycles. The third kappa shape index (κ3) is 1.73. The number of hydrogen-bond acceptors (Lipinski definition) is 2. The van der Waals surface area contributed by atoms with Crippen molar-refractivity contribution in [2.45, 2.75) is 6.10 Å². The summed E-state index contributed by atoms with van der Waals surface area (Å²) in [4.78, 5) is 0. The lowest BCUT2D eigenvalue weighted by Crippen LogP contribution is -2.15. The molecule has 0 fully saturated rings. The first-order valence-electron chi connectivity index (χ1n) is 3.14. The summed E-state index contributed by atoms with van der Waals surface area (Å²) in [6.45, 7) is 3.74. The van der Waals surface area contributed by atoms with E-state index in [2.05, 4.69) is 22.5 Å². The summed E-state index contributed by atoms with van der Waals surface area (Å²) in [5.74, 6) is 0.204. The van der Waals surface area contributed by atoms with Crippen LogP contribution in [-0.4, -0.2) is 18.3 Å². The van der Waals surface area contributed by atoms with Crippen molar-refractivity contribution >= 4 is 15.9 Å². The molecule has 0 aromatic carbocycles. The van der Waals surface area contributed by atoms with E-state index < -0.39 is 0 Å². The Morgan fingerprint density at radius 1 is 1.64 bits per heavy atom. The van der Waals surface area contributed by atoms with Gasteiger partial charge in [0.05, 0.1) is 0 Å². The maximum atomic E-state index is 9.10. The second kappa shape index (κ2) is 3.24. The average Bonchev–Trinajstić information content (AvgIpc) is 1.85. The van der Waals surface area contributed by atoms with Gasteiger partial charge in [0, 0.05) is 11.6 Å². The molecule has 0 spiro atoms. The fourth-order valence-corrected chi connectivity index (χ4v) is 1.68. The summed E-state index contributed by atoms with van der Waals surface area (Å²) in [6.07, 6.45) is 3.03. The highest BCUT2D eigenvalue weighted by atomic mass is 79.9. The Bertz CT molecular complexity index is 240. The highest BCUT2D eigenvalue weighted by Gasteiger charge is 2.18. The standard InChI is InChI=1S/C8H9BrO2/c1-5-3-6(10)4-7(9)8(5)11-2/h3-4,8,10H,1H2,2H3. The lowest BCUT2D eigenvalue weighted by atomic mass is 10.1. The highest BCUT2D eigenvalue weighted by Crippen LogP contribution is 2.26. The Labute approximate surface area is 74.0 Å².